The van der Waals surface area contributed by atoms with Crippen molar-refractivity contribution in [3.8, 4) is 0 Å². The van der Waals surface area contributed by atoms with Crippen molar-refractivity contribution in [2.75, 3.05) is 13.2 Å². The number of ether oxygens (including phenoxy) is 1. The first-order valence-corrected chi connectivity index (χ1v) is 5.57. The predicted octanol–water partition coefficient (Wildman–Crippen LogP) is 1.09. The van der Waals surface area contributed by atoms with E-state index < -0.39 is 0 Å². The second-order valence-corrected chi connectivity index (χ2v) is 4.17. The number of thiocarbonyl (C=S) groups is 1. The van der Waals surface area contributed by atoms with Crippen molar-refractivity contribution in [1.29, 1.82) is 0 Å². The molecule has 1 aliphatic heterocycles. The van der Waals surface area contributed by atoms with Crippen LogP contribution in [0.25, 0.3) is 0 Å². The quantitative estimate of drug-likeness (QED) is 0.765. The minimum atomic E-state index is 0.305. The summed E-state index contributed by atoms with van der Waals surface area (Å²) in [6, 6.07) is 0. The van der Waals surface area contributed by atoms with E-state index in [2.05, 4.69) is 10.4 Å². The Morgan fingerprint density at radius 3 is 3.27 bits per heavy atom. The van der Waals surface area contributed by atoms with Gasteiger partial charge in [0, 0.05) is 19.3 Å². The van der Waals surface area contributed by atoms with E-state index in [4.69, 9.17) is 17.0 Å². The summed E-state index contributed by atoms with van der Waals surface area (Å²) in [6.07, 6.45) is 6.28. The van der Waals surface area contributed by atoms with E-state index in [0.717, 1.165) is 31.6 Å². The highest BCUT2D eigenvalue weighted by Crippen LogP contribution is 2.10. The van der Waals surface area contributed by atoms with Gasteiger partial charge in [0.25, 0.3) is 0 Å². The number of rotatable bonds is 2. The summed E-state index contributed by atoms with van der Waals surface area (Å²) in [5, 5.41) is 7.93. The van der Waals surface area contributed by atoms with Gasteiger partial charge < -0.3 is 10.1 Å². The third-order valence-electron chi connectivity index (χ3n) is 2.42. The lowest BCUT2D eigenvalue weighted by Gasteiger charge is -2.12. The summed E-state index contributed by atoms with van der Waals surface area (Å²) in [5.74, 6) is 0. The molecular formula is C10H15N3OS. The monoisotopic (exact) mass is 225 g/mol. The zero-order valence-corrected chi connectivity index (χ0v) is 9.59. The van der Waals surface area contributed by atoms with Crippen LogP contribution in [0.2, 0.25) is 0 Å². The SMILES string of the molecule is Cc1cnn(C(=S)NC[C@H]2CCCO2)c1. The van der Waals surface area contributed by atoms with Gasteiger partial charge in [-0.15, -0.1) is 0 Å². The molecule has 1 aliphatic rings. The standard InChI is InChI=1S/C10H15N3OS/c1-8-5-12-13(7-8)10(15)11-6-9-3-2-4-14-9/h5,7,9H,2-4,6H2,1H3,(H,11,15)/t9-/m1/s1. The Bertz CT molecular complexity index is 344. The number of aryl methyl sites for hydroxylation is 1. The highest BCUT2D eigenvalue weighted by atomic mass is 32.1. The fraction of sp³-hybridized carbons (Fsp3) is 0.600. The number of nitrogens with one attached hydrogen (secondary N) is 1. The zero-order chi connectivity index (χ0) is 10.7. The van der Waals surface area contributed by atoms with E-state index in [1.165, 1.54) is 0 Å². The number of nitrogens with zero attached hydrogens (tertiary/aromatic N) is 2. The van der Waals surface area contributed by atoms with Gasteiger partial charge in [-0.25, -0.2) is 4.68 Å². The highest BCUT2D eigenvalue weighted by Gasteiger charge is 2.15. The molecule has 5 heteroatoms. The molecular weight excluding hydrogens is 210 g/mol. The maximum Gasteiger partial charge on any atom is 0.194 e. The van der Waals surface area contributed by atoms with Crippen LogP contribution in [-0.2, 0) is 4.74 Å². The molecule has 0 unspecified atom stereocenters. The van der Waals surface area contributed by atoms with Crippen LogP contribution in [0.15, 0.2) is 12.4 Å². The maximum atomic E-state index is 5.49. The van der Waals surface area contributed by atoms with Crippen molar-refractivity contribution in [2.45, 2.75) is 25.9 Å². The molecule has 0 saturated carbocycles. The third kappa shape index (κ3) is 2.76. The van der Waals surface area contributed by atoms with E-state index in [1.54, 1.807) is 10.9 Å². The fourth-order valence-corrected chi connectivity index (χ4v) is 1.79. The lowest BCUT2D eigenvalue weighted by atomic mass is 10.2. The predicted molar refractivity (Wildman–Crippen MR) is 61.9 cm³/mol. The largest absolute Gasteiger partial charge is 0.376 e. The van der Waals surface area contributed by atoms with Crippen LogP contribution >= 0.6 is 12.2 Å². The van der Waals surface area contributed by atoms with Crippen molar-refractivity contribution < 1.29 is 4.74 Å². The van der Waals surface area contributed by atoms with Gasteiger partial charge in [-0.1, -0.05) is 0 Å². The molecule has 0 spiro atoms. The van der Waals surface area contributed by atoms with E-state index in [0.29, 0.717) is 11.2 Å². The Labute approximate surface area is 94.6 Å². The summed E-state index contributed by atoms with van der Waals surface area (Å²) >= 11 is 5.20. The van der Waals surface area contributed by atoms with Crippen molar-refractivity contribution >= 4 is 17.3 Å². The number of hydrogen-bond acceptors (Lipinski definition) is 3. The van der Waals surface area contributed by atoms with Gasteiger partial charge in [-0.2, -0.15) is 5.10 Å². The molecule has 0 aliphatic carbocycles. The van der Waals surface area contributed by atoms with Gasteiger partial charge >= 0.3 is 0 Å². The molecule has 0 radical (unpaired) electrons. The third-order valence-corrected chi connectivity index (χ3v) is 2.76. The summed E-state index contributed by atoms with van der Waals surface area (Å²) in [6.45, 7) is 3.64. The van der Waals surface area contributed by atoms with Crippen LogP contribution in [0.3, 0.4) is 0 Å². The van der Waals surface area contributed by atoms with E-state index >= 15 is 0 Å². The molecule has 2 rings (SSSR count). The first-order valence-electron chi connectivity index (χ1n) is 5.17. The van der Waals surface area contributed by atoms with Gasteiger partial charge in [0.1, 0.15) is 0 Å². The fourth-order valence-electron chi connectivity index (χ4n) is 1.61. The summed E-state index contributed by atoms with van der Waals surface area (Å²) in [7, 11) is 0. The molecule has 0 bridgehead atoms. The van der Waals surface area contributed by atoms with Gasteiger partial charge in [0.15, 0.2) is 5.11 Å². The van der Waals surface area contributed by atoms with Crippen molar-refractivity contribution in [2.24, 2.45) is 0 Å². The summed E-state index contributed by atoms with van der Waals surface area (Å²) in [4.78, 5) is 0. The van der Waals surface area contributed by atoms with E-state index in [1.807, 2.05) is 13.1 Å². The van der Waals surface area contributed by atoms with E-state index in [-0.39, 0.29) is 0 Å². The number of aromatic nitrogens is 2. The Morgan fingerprint density at radius 2 is 2.67 bits per heavy atom. The second kappa shape index (κ2) is 4.72. The molecule has 15 heavy (non-hydrogen) atoms. The summed E-state index contributed by atoms with van der Waals surface area (Å²) < 4.78 is 7.17. The molecule has 2 heterocycles. The summed E-state index contributed by atoms with van der Waals surface area (Å²) in [5.41, 5.74) is 1.11. The van der Waals surface area contributed by atoms with Crippen LogP contribution in [0.5, 0.6) is 0 Å². The van der Waals surface area contributed by atoms with Gasteiger partial charge in [0.05, 0.1) is 12.3 Å². The van der Waals surface area contributed by atoms with Crippen LogP contribution in [-0.4, -0.2) is 34.1 Å². The topological polar surface area (TPSA) is 39.1 Å². The molecule has 82 valence electrons. The van der Waals surface area contributed by atoms with Crippen LogP contribution < -0.4 is 5.32 Å². The minimum absolute atomic E-state index is 0.305. The lowest BCUT2D eigenvalue weighted by Crippen LogP contribution is -2.34. The molecule has 4 nitrogen and oxygen atoms in total. The van der Waals surface area contributed by atoms with E-state index in [9.17, 15) is 0 Å². The first-order chi connectivity index (χ1) is 7.25. The van der Waals surface area contributed by atoms with Crippen molar-refractivity contribution in [3.05, 3.63) is 18.0 Å². The van der Waals surface area contributed by atoms with Crippen molar-refractivity contribution in [1.82, 2.24) is 15.1 Å². The van der Waals surface area contributed by atoms with Crippen LogP contribution in [0.1, 0.15) is 18.4 Å². The number of hydrogen-bond donors (Lipinski definition) is 1. The molecule has 1 atom stereocenters. The Morgan fingerprint density at radius 1 is 1.80 bits per heavy atom. The van der Waals surface area contributed by atoms with Crippen LogP contribution in [0, 0.1) is 6.92 Å². The lowest BCUT2D eigenvalue weighted by molar-refractivity contribution is 0.114. The molecule has 1 fully saturated rings. The smallest absolute Gasteiger partial charge is 0.194 e. The van der Waals surface area contributed by atoms with Gasteiger partial charge in [0.2, 0.25) is 0 Å². The molecule has 1 saturated heterocycles. The van der Waals surface area contributed by atoms with Crippen molar-refractivity contribution in [3.63, 3.8) is 0 Å². The molecule has 1 aromatic heterocycles. The average molecular weight is 225 g/mol. The zero-order valence-electron chi connectivity index (χ0n) is 8.77. The van der Waals surface area contributed by atoms with Gasteiger partial charge in [-0.3, -0.25) is 0 Å². The molecule has 0 aromatic carbocycles. The Hall–Kier alpha value is -0.940. The second-order valence-electron chi connectivity index (χ2n) is 3.78. The molecule has 1 aromatic rings. The Balaban J connectivity index is 1.81. The normalized spacial score (nSPS) is 20.5. The van der Waals surface area contributed by atoms with Gasteiger partial charge in [-0.05, 0) is 37.5 Å². The maximum absolute atomic E-state index is 5.49. The average Bonchev–Trinajstić information content (AvgIpc) is 2.84. The molecule has 1 N–H and O–H groups in total. The minimum Gasteiger partial charge on any atom is -0.376 e. The first kappa shape index (κ1) is 10.6. The highest BCUT2D eigenvalue weighted by molar-refractivity contribution is 7.80. The molecule has 0 amide bonds. The van der Waals surface area contributed by atoms with Crippen LogP contribution in [0.4, 0.5) is 0 Å². The Kier molecular flexibility index (Phi) is 3.33.